The van der Waals surface area contributed by atoms with Gasteiger partial charge in [0, 0.05) is 19.2 Å². The number of aryl methyl sites for hydroxylation is 1. The van der Waals surface area contributed by atoms with Crippen molar-refractivity contribution in [2.75, 3.05) is 11.9 Å². The molecule has 7 heteroatoms. The number of hydrogen-bond donors (Lipinski definition) is 1. The van der Waals surface area contributed by atoms with Gasteiger partial charge in [-0.2, -0.15) is 0 Å². The van der Waals surface area contributed by atoms with Gasteiger partial charge in [0.25, 0.3) is 5.91 Å². The average Bonchev–Trinajstić information content (AvgIpc) is 2.96. The summed E-state index contributed by atoms with van der Waals surface area (Å²) < 4.78 is 0.536. The Morgan fingerprint density at radius 3 is 2.75 bits per heavy atom. The quantitative estimate of drug-likeness (QED) is 0.545. The molecule has 2 amide bonds. The molecule has 2 heterocycles. The molecule has 0 aliphatic carbocycles. The number of hydrogen-bond acceptors (Lipinski definition) is 5. The van der Waals surface area contributed by atoms with Gasteiger partial charge >= 0.3 is 0 Å². The molecule has 5 nitrogen and oxygen atoms in total. The number of nitrogens with zero attached hydrogens (tertiary/aromatic N) is 2. The van der Waals surface area contributed by atoms with Gasteiger partial charge in [-0.1, -0.05) is 55.2 Å². The Labute approximate surface area is 174 Å². The van der Waals surface area contributed by atoms with Crippen LogP contribution in [0.5, 0.6) is 0 Å². The maximum Gasteiger partial charge on any atom is 0.266 e. The molecule has 2 aromatic rings. The zero-order valence-corrected chi connectivity index (χ0v) is 17.2. The van der Waals surface area contributed by atoms with Crippen molar-refractivity contribution in [3.63, 3.8) is 0 Å². The average molecular weight is 412 g/mol. The molecule has 28 heavy (non-hydrogen) atoms. The van der Waals surface area contributed by atoms with E-state index >= 15 is 0 Å². The number of rotatable bonds is 7. The van der Waals surface area contributed by atoms with Crippen molar-refractivity contribution >= 4 is 51.9 Å². The predicted octanol–water partition coefficient (Wildman–Crippen LogP) is 4.26. The Balaban J connectivity index is 1.53. The minimum absolute atomic E-state index is 0.0952. The van der Waals surface area contributed by atoms with Crippen LogP contribution in [-0.4, -0.2) is 32.6 Å². The molecule has 0 radical (unpaired) electrons. The first kappa shape index (κ1) is 20.2. The number of carbonyl (C=O) groups excluding carboxylic acids is 2. The standard InChI is InChI=1S/C21H21N3O2S2/c1-2-15-7-9-16(10-8-15)13-18-20(26)24(21(27)28-18)12-4-6-19(25)23-17-5-3-11-22-14-17/h3,5,7-11,13-14H,2,4,6,12H2,1H3,(H,23,25). The molecule has 1 fully saturated rings. The molecule has 1 aliphatic rings. The summed E-state index contributed by atoms with van der Waals surface area (Å²) in [7, 11) is 0. The third kappa shape index (κ3) is 5.27. The molecule has 1 saturated heterocycles. The van der Waals surface area contributed by atoms with E-state index in [1.807, 2.05) is 18.2 Å². The lowest BCUT2D eigenvalue weighted by Gasteiger charge is -2.14. The summed E-state index contributed by atoms with van der Waals surface area (Å²) in [5, 5.41) is 2.79. The second-order valence-electron chi connectivity index (χ2n) is 6.32. The minimum atomic E-state index is -0.106. The van der Waals surface area contributed by atoms with Crippen molar-refractivity contribution in [2.24, 2.45) is 0 Å². The van der Waals surface area contributed by atoms with Crippen LogP contribution in [0.1, 0.15) is 30.9 Å². The lowest BCUT2D eigenvalue weighted by Crippen LogP contribution is -2.29. The fourth-order valence-corrected chi connectivity index (χ4v) is 4.06. The first-order valence-electron chi connectivity index (χ1n) is 9.11. The Morgan fingerprint density at radius 1 is 1.29 bits per heavy atom. The van der Waals surface area contributed by atoms with Crippen molar-refractivity contribution in [1.82, 2.24) is 9.88 Å². The zero-order chi connectivity index (χ0) is 19.9. The molecule has 1 aromatic heterocycles. The van der Waals surface area contributed by atoms with E-state index in [9.17, 15) is 9.59 Å². The lowest BCUT2D eigenvalue weighted by molar-refractivity contribution is -0.122. The second-order valence-corrected chi connectivity index (χ2v) is 8.00. The number of thiocarbonyl (C=S) groups is 1. The topological polar surface area (TPSA) is 62.3 Å². The van der Waals surface area contributed by atoms with E-state index < -0.39 is 0 Å². The van der Waals surface area contributed by atoms with Crippen molar-refractivity contribution in [2.45, 2.75) is 26.2 Å². The number of pyridine rings is 1. The SMILES string of the molecule is CCc1ccc(C=C2SC(=S)N(CCCC(=O)Nc3cccnc3)C2=O)cc1. The number of benzene rings is 1. The van der Waals surface area contributed by atoms with E-state index in [2.05, 4.69) is 29.4 Å². The van der Waals surface area contributed by atoms with Gasteiger partial charge in [0.1, 0.15) is 4.32 Å². The molecular weight excluding hydrogens is 390 g/mol. The molecule has 3 rings (SSSR count). The molecule has 1 aliphatic heterocycles. The zero-order valence-electron chi connectivity index (χ0n) is 15.6. The van der Waals surface area contributed by atoms with Crippen LogP contribution in [0.25, 0.3) is 6.08 Å². The monoisotopic (exact) mass is 411 g/mol. The predicted molar refractivity (Wildman–Crippen MR) is 118 cm³/mol. The van der Waals surface area contributed by atoms with Crippen LogP contribution in [0.2, 0.25) is 0 Å². The van der Waals surface area contributed by atoms with E-state index in [1.54, 1.807) is 29.4 Å². The normalized spacial score (nSPS) is 15.3. The summed E-state index contributed by atoms with van der Waals surface area (Å²) in [5.41, 5.74) is 2.90. The van der Waals surface area contributed by atoms with Crippen LogP contribution in [0, 0.1) is 0 Å². The number of anilines is 1. The van der Waals surface area contributed by atoms with E-state index in [0.717, 1.165) is 12.0 Å². The van der Waals surface area contributed by atoms with Crippen LogP contribution in [0.15, 0.2) is 53.7 Å². The van der Waals surface area contributed by atoms with Gasteiger partial charge in [-0.25, -0.2) is 0 Å². The lowest BCUT2D eigenvalue weighted by atomic mass is 10.1. The van der Waals surface area contributed by atoms with Crippen LogP contribution in [0.4, 0.5) is 5.69 Å². The summed E-state index contributed by atoms with van der Waals surface area (Å²) in [4.78, 5) is 30.8. The number of aromatic nitrogens is 1. The molecular formula is C21H21N3O2S2. The second kappa shape index (κ2) is 9.61. The largest absolute Gasteiger partial charge is 0.325 e. The highest BCUT2D eigenvalue weighted by Crippen LogP contribution is 2.32. The highest BCUT2D eigenvalue weighted by atomic mass is 32.2. The number of thioether (sulfide) groups is 1. The summed E-state index contributed by atoms with van der Waals surface area (Å²) in [6, 6.07) is 11.7. The number of carbonyl (C=O) groups is 2. The Morgan fingerprint density at radius 2 is 2.07 bits per heavy atom. The van der Waals surface area contributed by atoms with Crippen LogP contribution in [-0.2, 0) is 16.0 Å². The Hall–Kier alpha value is -2.51. The highest BCUT2D eigenvalue weighted by molar-refractivity contribution is 8.26. The van der Waals surface area contributed by atoms with E-state index in [-0.39, 0.29) is 11.8 Å². The molecule has 0 bridgehead atoms. The first-order valence-corrected chi connectivity index (χ1v) is 10.3. The summed E-state index contributed by atoms with van der Waals surface area (Å²) in [6.45, 7) is 2.54. The third-order valence-corrected chi connectivity index (χ3v) is 5.67. The van der Waals surface area contributed by atoms with Crippen molar-refractivity contribution in [3.8, 4) is 0 Å². The van der Waals surface area contributed by atoms with Gasteiger partial charge in [0.05, 0.1) is 16.8 Å². The summed E-state index contributed by atoms with van der Waals surface area (Å²) in [5.74, 6) is -0.202. The van der Waals surface area contributed by atoms with E-state index in [1.165, 1.54) is 17.3 Å². The van der Waals surface area contributed by atoms with Crippen molar-refractivity contribution < 1.29 is 9.59 Å². The van der Waals surface area contributed by atoms with E-state index in [0.29, 0.717) is 34.3 Å². The van der Waals surface area contributed by atoms with Crippen LogP contribution >= 0.6 is 24.0 Å². The fourth-order valence-electron chi connectivity index (χ4n) is 2.75. The maximum atomic E-state index is 12.7. The summed E-state index contributed by atoms with van der Waals surface area (Å²) in [6.07, 6.45) is 6.94. The van der Waals surface area contributed by atoms with Gasteiger partial charge in [-0.05, 0) is 42.2 Å². The highest BCUT2D eigenvalue weighted by Gasteiger charge is 2.31. The summed E-state index contributed by atoms with van der Waals surface area (Å²) >= 11 is 6.66. The van der Waals surface area contributed by atoms with E-state index in [4.69, 9.17) is 12.2 Å². The molecule has 0 saturated carbocycles. The van der Waals surface area contributed by atoms with Gasteiger partial charge < -0.3 is 5.32 Å². The minimum Gasteiger partial charge on any atom is -0.325 e. The Bertz CT molecular complexity index is 896. The van der Waals surface area contributed by atoms with Gasteiger partial charge in [0.15, 0.2) is 0 Å². The number of nitrogens with one attached hydrogen (secondary N) is 1. The van der Waals surface area contributed by atoms with Gasteiger partial charge in [-0.15, -0.1) is 0 Å². The first-order chi connectivity index (χ1) is 13.6. The fraction of sp³-hybridized carbons (Fsp3) is 0.238. The molecule has 1 aromatic carbocycles. The third-order valence-electron chi connectivity index (χ3n) is 4.29. The van der Waals surface area contributed by atoms with Crippen molar-refractivity contribution in [3.05, 3.63) is 64.8 Å². The van der Waals surface area contributed by atoms with Gasteiger partial charge in [-0.3, -0.25) is 19.5 Å². The molecule has 0 spiro atoms. The molecule has 0 unspecified atom stereocenters. The smallest absolute Gasteiger partial charge is 0.266 e. The molecule has 0 atom stereocenters. The van der Waals surface area contributed by atoms with Crippen molar-refractivity contribution in [1.29, 1.82) is 0 Å². The van der Waals surface area contributed by atoms with Gasteiger partial charge in [0.2, 0.25) is 5.91 Å². The Kier molecular flexibility index (Phi) is 6.95. The van der Waals surface area contributed by atoms with Crippen LogP contribution < -0.4 is 5.32 Å². The van der Waals surface area contributed by atoms with Crippen LogP contribution in [0.3, 0.4) is 0 Å². The number of amides is 2. The molecule has 144 valence electrons. The molecule has 1 N–H and O–H groups in total. The maximum absolute atomic E-state index is 12.7.